The van der Waals surface area contributed by atoms with Crippen LogP contribution in [0.3, 0.4) is 0 Å². The van der Waals surface area contributed by atoms with E-state index in [0.29, 0.717) is 21.6 Å². The summed E-state index contributed by atoms with van der Waals surface area (Å²) in [6.45, 7) is 0. The van der Waals surface area contributed by atoms with Gasteiger partial charge in [0, 0.05) is 27.6 Å². The Morgan fingerprint density at radius 2 is 2.06 bits per heavy atom. The van der Waals surface area contributed by atoms with E-state index in [2.05, 4.69) is 4.98 Å². The van der Waals surface area contributed by atoms with Gasteiger partial charge in [-0.05, 0) is 29.8 Å². The van der Waals surface area contributed by atoms with E-state index < -0.39 is 0 Å². The molecule has 2 N–H and O–H groups in total. The number of hydrogen-bond acceptors (Lipinski definition) is 3. The fourth-order valence-corrected chi connectivity index (χ4v) is 2.79. The minimum absolute atomic E-state index is 0.344. The summed E-state index contributed by atoms with van der Waals surface area (Å²) < 4.78 is 12.9. The molecular weight excluding hydrogens is 294 g/mol. The van der Waals surface area contributed by atoms with Crippen molar-refractivity contribution in [1.82, 2.24) is 4.98 Å². The van der Waals surface area contributed by atoms with Gasteiger partial charge in [0.05, 0.1) is 0 Å². The Morgan fingerprint density at radius 3 is 2.72 bits per heavy atom. The highest BCUT2D eigenvalue weighted by molar-refractivity contribution is 7.98. The molecule has 0 radical (unpaired) electrons. The van der Waals surface area contributed by atoms with Gasteiger partial charge >= 0.3 is 0 Å². The van der Waals surface area contributed by atoms with E-state index in [4.69, 9.17) is 28.9 Å². The van der Waals surface area contributed by atoms with Crippen molar-refractivity contribution in [2.75, 3.05) is 5.73 Å². The molecule has 0 aliphatic carbocycles. The lowest BCUT2D eigenvalue weighted by atomic mass is 10.3. The molecule has 18 heavy (non-hydrogen) atoms. The summed E-state index contributed by atoms with van der Waals surface area (Å²) in [7, 11) is 0. The lowest BCUT2D eigenvalue weighted by molar-refractivity contribution is 0.627. The summed E-state index contributed by atoms with van der Waals surface area (Å²) >= 11 is 13.2. The third kappa shape index (κ3) is 3.28. The van der Waals surface area contributed by atoms with E-state index >= 15 is 0 Å². The molecule has 6 heteroatoms. The third-order valence-corrected chi connectivity index (χ3v) is 3.95. The molecule has 0 aliphatic rings. The summed E-state index contributed by atoms with van der Waals surface area (Å²) in [5.74, 6) is 0.252. The highest BCUT2D eigenvalue weighted by Crippen LogP contribution is 2.31. The number of aromatic nitrogens is 1. The molecule has 0 spiro atoms. The Labute approximate surface area is 118 Å². The number of benzene rings is 1. The van der Waals surface area contributed by atoms with Crippen molar-refractivity contribution in [2.24, 2.45) is 0 Å². The van der Waals surface area contributed by atoms with Crippen LogP contribution in [0.2, 0.25) is 10.2 Å². The van der Waals surface area contributed by atoms with Crippen LogP contribution in [0.15, 0.2) is 35.4 Å². The van der Waals surface area contributed by atoms with E-state index in [-0.39, 0.29) is 5.82 Å². The van der Waals surface area contributed by atoms with Gasteiger partial charge in [-0.15, -0.1) is 11.8 Å². The molecule has 0 atom stereocenters. The minimum atomic E-state index is -0.344. The molecule has 1 heterocycles. The molecule has 0 amide bonds. The van der Waals surface area contributed by atoms with Gasteiger partial charge in [0.1, 0.15) is 11.0 Å². The van der Waals surface area contributed by atoms with Crippen LogP contribution in [0.25, 0.3) is 0 Å². The molecule has 2 nitrogen and oxygen atoms in total. The largest absolute Gasteiger partial charge is 0.398 e. The molecule has 2 aromatic rings. The molecule has 1 aromatic carbocycles. The van der Waals surface area contributed by atoms with Crippen LogP contribution in [0.1, 0.15) is 5.56 Å². The van der Waals surface area contributed by atoms with Gasteiger partial charge < -0.3 is 5.73 Å². The van der Waals surface area contributed by atoms with Crippen molar-refractivity contribution >= 4 is 40.7 Å². The van der Waals surface area contributed by atoms with Gasteiger partial charge in [-0.3, -0.25) is 0 Å². The van der Waals surface area contributed by atoms with Gasteiger partial charge in [-0.2, -0.15) is 0 Å². The van der Waals surface area contributed by atoms with E-state index in [1.54, 1.807) is 18.3 Å². The number of thioether (sulfide) groups is 1. The van der Waals surface area contributed by atoms with Crippen molar-refractivity contribution in [3.8, 4) is 0 Å². The van der Waals surface area contributed by atoms with E-state index in [0.717, 1.165) is 10.5 Å². The number of anilines is 1. The first kappa shape index (κ1) is 13.5. The van der Waals surface area contributed by atoms with Crippen LogP contribution in [0.5, 0.6) is 0 Å². The van der Waals surface area contributed by atoms with Crippen LogP contribution < -0.4 is 5.73 Å². The Morgan fingerprint density at radius 1 is 1.28 bits per heavy atom. The second-order valence-electron chi connectivity index (χ2n) is 3.57. The maximum atomic E-state index is 12.9. The summed E-state index contributed by atoms with van der Waals surface area (Å²) in [6, 6.07) is 5.91. The second kappa shape index (κ2) is 5.78. The Hall–Kier alpha value is -0.970. The molecule has 0 unspecified atom stereocenters. The monoisotopic (exact) mass is 302 g/mol. The second-order valence-corrected chi connectivity index (χ2v) is 5.38. The maximum Gasteiger partial charge on any atom is 0.130 e. The zero-order chi connectivity index (χ0) is 13.1. The fraction of sp³-hybridized carbons (Fsp3) is 0.0833. The van der Waals surface area contributed by atoms with Crippen molar-refractivity contribution in [1.29, 1.82) is 0 Å². The Bertz CT molecular complexity index is 526. The number of nitrogens with two attached hydrogens (primary N) is 1. The van der Waals surface area contributed by atoms with Crippen molar-refractivity contribution < 1.29 is 4.39 Å². The zero-order valence-corrected chi connectivity index (χ0v) is 11.5. The summed E-state index contributed by atoms with van der Waals surface area (Å²) in [5, 5.41) is 0.915. The van der Waals surface area contributed by atoms with Crippen LogP contribution in [-0.2, 0) is 5.75 Å². The molecule has 0 bridgehead atoms. The molecule has 2 rings (SSSR count). The highest BCUT2D eigenvalue weighted by atomic mass is 35.5. The number of pyridine rings is 1. The predicted molar refractivity (Wildman–Crippen MR) is 74.6 cm³/mol. The van der Waals surface area contributed by atoms with Crippen molar-refractivity contribution in [3.05, 3.63) is 52.0 Å². The summed E-state index contributed by atoms with van der Waals surface area (Å²) in [5.41, 5.74) is 6.99. The Kier molecular flexibility index (Phi) is 4.32. The molecule has 0 fully saturated rings. The van der Waals surface area contributed by atoms with Crippen molar-refractivity contribution in [2.45, 2.75) is 10.6 Å². The van der Waals surface area contributed by atoms with Gasteiger partial charge in [0.25, 0.3) is 0 Å². The maximum absolute atomic E-state index is 12.9. The molecule has 0 saturated carbocycles. The molecular formula is C12H9Cl2FN2S. The minimum Gasteiger partial charge on any atom is -0.398 e. The van der Waals surface area contributed by atoms with Crippen molar-refractivity contribution in [3.63, 3.8) is 0 Å². The number of halogens is 3. The van der Waals surface area contributed by atoms with Gasteiger partial charge in [0.2, 0.25) is 0 Å². The quantitative estimate of drug-likeness (QED) is 0.519. The fourth-order valence-electron chi connectivity index (χ4n) is 1.35. The lowest BCUT2D eigenvalue weighted by Gasteiger charge is -2.06. The normalized spacial score (nSPS) is 10.6. The Balaban J connectivity index is 2.11. The van der Waals surface area contributed by atoms with Gasteiger partial charge in [-0.1, -0.05) is 23.2 Å². The van der Waals surface area contributed by atoms with Crippen LogP contribution >= 0.6 is 35.0 Å². The van der Waals surface area contributed by atoms with E-state index in [1.807, 2.05) is 0 Å². The smallest absolute Gasteiger partial charge is 0.130 e. The first-order valence-electron chi connectivity index (χ1n) is 5.04. The topological polar surface area (TPSA) is 38.9 Å². The standard InChI is InChI=1S/C12H9Cl2FN2S/c13-9-4-12(14)17-5-7(9)6-18-11-2-1-8(15)3-10(11)16/h1-5H,6,16H2. The summed E-state index contributed by atoms with van der Waals surface area (Å²) in [6.07, 6.45) is 1.62. The third-order valence-electron chi connectivity index (χ3n) is 2.25. The average molecular weight is 303 g/mol. The predicted octanol–water partition coefficient (Wildman–Crippen LogP) is 4.40. The SMILES string of the molecule is Nc1cc(F)ccc1SCc1cnc(Cl)cc1Cl. The zero-order valence-electron chi connectivity index (χ0n) is 9.16. The molecule has 0 saturated heterocycles. The molecule has 94 valence electrons. The van der Waals surface area contributed by atoms with Crippen LogP contribution in [-0.4, -0.2) is 4.98 Å². The number of nitrogen functional groups attached to an aromatic ring is 1. The molecule has 1 aromatic heterocycles. The first-order valence-corrected chi connectivity index (χ1v) is 6.78. The molecule has 0 aliphatic heterocycles. The average Bonchev–Trinajstić information content (AvgIpc) is 2.30. The van der Waals surface area contributed by atoms with Crippen LogP contribution in [0.4, 0.5) is 10.1 Å². The van der Waals surface area contributed by atoms with Gasteiger partial charge in [0.15, 0.2) is 0 Å². The lowest BCUT2D eigenvalue weighted by Crippen LogP contribution is -1.91. The van der Waals surface area contributed by atoms with Crippen LogP contribution in [0, 0.1) is 5.82 Å². The van der Waals surface area contributed by atoms with Gasteiger partial charge in [-0.25, -0.2) is 9.37 Å². The number of rotatable bonds is 3. The first-order chi connectivity index (χ1) is 8.56. The van der Waals surface area contributed by atoms with E-state index in [1.165, 1.54) is 23.9 Å². The number of nitrogens with zero attached hydrogens (tertiary/aromatic N) is 1. The highest BCUT2D eigenvalue weighted by Gasteiger charge is 2.06. The van der Waals surface area contributed by atoms with E-state index in [9.17, 15) is 4.39 Å². The summed E-state index contributed by atoms with van der Waals surface area (Å²) in [4.78, 5) is 4.77. The number of hydrogen-bond donors (Lipinski definition) is 1.